The van der Waals surface area contributed by atoms with E-state index in [2.05, 4.69) is 55.2 Å². The van der Waals surface area contributed by atoms with E-state index in [0.717, 1.165) is 36.4 Å². The van der Waals surface area contributed by atoms with Crippen molar-refractivity contribution in [1.29, 1.82) is 0 Å². The normalized spacial score (nSPS) is 24.5. The van der Waals surface area contributed by atoms with Gasteiger partial charge >= 0.3 is 0 Å². The average Bonchev–Trinajstić information content (AvgIpc) is 3.31. The molecule has 4 rings (SSSR count). The van der Waals surface area contributed by atoms with Crippen molar-refractivity contribution < 1.29 is 0 Å². The Labute approximate surface area is 191 Å². The maximum atomic E-state index is 4.32. The number of benzene rings is 1. The number of unbranched alkanes of at least 4 members (excludes halogenated alkanes) is 1. The molecule has 2 saturated carbocycles. The summed E-state index contributed by atoms with van der Waals surface area (Å²) in [5.41, 5.74) is 6.73. The van der Waals surface area contributed by atoms with E-state index < -0.39 is 0 Å². The zero-order valence-corrected chi connectivity index (χ0v) is 19.8. The van der Waals surface area contributed by atoms with Crippen molar-refractivity contribution in [3.63, 3.8) is 0 Å². The molecule has 0 aromatic heterocycles. The lowest BCUT2D eigenvalue weighted by molar-refractivity contribution is 0.237. The van der Waals surface area contributed by atoms with Crippen LogP contribution in [0, 0.1) is 11.8 Å². The van der Waals surface area contributed by atoms with Gasteiger partial charge in [-0.05, 0) is 71.8 Å². The van der Waals surface area contributed by atoms with Gasteiger partial charge in [-0.1, -0.05) is 102 Å². The average molecular weight is 418 g/mol. The predicted octanol–water partition coefficient (Wildman–Crippen LogP) is 8.55. The molecule has 2 unspecified atom stereocenters. The van der Waals surface area contributed by atoms with Crippen molar-refractivity contribution in [3.05, 3.63) is 65.4 Å². The summed E-state index contributed by atoms with van der Waals surface area (Å²) in [6.07, 6.45) is 22.5. The van der Waals surface area contributed by atoms with Crippen LogP contribution in [0.25, 0.3) is 5.57 Å². The summed E-state index contributed by atoms with van der Waals surface area (Å²) in [5.74, 6) is 2.71. The van der Waals surface area contributed by atoms with Gasteiger partial charge in [0.25, 0.3) is 0 Å². The monoisotopic (exact) mass is 417 g/mol. The molecule has 0 aliphatic heterocycles. The summed E-state index contributed by atoms with van der Waals surface area (Å²) in [6.45, 7) is 7.83. The molecule has 1 N–H and O–H groups in total. The third kappa shape index (κ3) is 6.15. The summed E-state index contributed by atoms with van der Waals surface area (Å²) < 4.78 is 0. The largest absolute Gasteiger partial charge is 0.385 e. The zero-order valence-electron chi connectivity index (χ0n) is 19.8. The third-order valence-electron chi connectivity index (χ3n) is 8.21. The number of allylic oxidation sites excluding steroid dienone is 3. The molecule has 2 atom stereocenters. The highest BCUT2D eigenvalue weighted by Gasteiger charge is 2.20. The van der Waals surface area contributed by atoms with Crippen LogP contribution in [0.2, 0.25) is 0 Å². The Kier molecular flexibility index (Phi) is 8.11. The molecule has 0 saturated heterocycles. The SMILES string of the molecule is C=C(NCCCCC1CCCCC1C)C1=CCC(c2ccc(C3CCCCC3)cc2)=C1. The van der Waals surface area contributed by atoms with E-state index in [9.17, 15) is 0 Å². The van der Waals surface area contributed by atoms with Crippen molar-refractivity contribution in [1.82, 2.24) is 5.32 Å². The number of nitrogens with one attached hydrogen (secondary N) is 1. The van der Waals surface area contributed by atoms with Crippen molar-refractivity contribution in [2.24, 2.45) is 11.8 Å². The van der Waals surface area contributed by atoms with E-state index in [4.69, 9.17) is 0 Å². The van der Waals surface area contributed by atoms with Gasteiger partial charge in [0.15, 0.2) is 0 Å². The fourth-order valence-corrected chi connectivity index (χ4v) is 6.04. The second kappa shape index (κ2) is 11.2. The molecule has 168 valence electrons. The van der Waals surface area contributed by atoms with Crippen LogP contribution in [-0.2, 0) is 0 Å². The third-order valence-corrected chi connectivity index (χ3v) is 8.21. The van der Waals surface area contributed by atoms with Crippen LogP contribution in [0.4, 0.5) is 0 Å². The van der Waals surface area contributed by atoms with Crippen LogP contribution in [0.3, 0.4) is 0 Å². The molecule has 0 amide bonds. The van der Waals surface area contributed by atoms with E-state index in [1.165, 1.54) is 93.8 Å². The van der Waals surface area contributed by atoms with E-state index in [-0.39, 0.29) is 0 Å². The highest BCUT2D eigenvalue weighted by atomic mass is 14.9. The summed E-state index contributed by atoms with van der Waals surface area (Å²) in [6, 6.07) is 9.44. The van der Waals surface area contributed by atoms with Gasteiger partial charge < -0.3 is 5.32 Å². The first-order valence-electron chi connectivity index (χ1n) is 13.1. The molecule has 1 aromatic rings. The summed E-state index contributed by atoms with van der Waals surface area (Å²) >= 11 is 0. The zero-order chi connectivity index (χ0) is 21.5. The minimum absolute atomic E-state index is 0.791. The van der Waals surface area contributed by atoms with Crippen LogP contribution in [0.15, 0.2) is 54.3 Å². The molecular weight excluding hydrogens is 374 g/mol. The minimum Gasteiger partial charge on any atom is -0.385 e. The van der Waals surface area contributed by atoms with Gasteiger partial charge in [-0.25, -0.2) is 0 Å². The summed E-state index contributed by atoms with van der Waals surface area (Å²) in [5, 5.41) is 3.59. The van der Waals surface area contributed by atoms with Crippen LogP contribution >= 0.6 is 0 Å². The maximum absolute atomic E-state index is 4.32. The maximum Gasteiger partial charge on any atom is 0.0337 e. The Morgan fingerprint density at radius 3 is 2.45 bits per heavy atom. The van der Waals surface area contributed by atoms with E-state index in [1.807, 2.05) is 0 Å². The first-order chi connectivity index (χ1) is 15.2. The molecule has 1 nitrogen and oxygen atoms in total. The van der Waals surface area contributed by atoms with Crippen molar-refractivity contribution >= 4 is 5.57 Å². The number of hydrogen-bond donors (Lipinski definition) is 1. The fourth-order valence-electron chi connectivity index (χ4n) is 6.04. The summed E-state index contributed by atoms with van der Waals surface area (Å²) in [4.78, 5) is 0. The molecule has 1 heteroatoms. The van der Waals surface area contributed by atoms with Gasteiger partial charge in [-0.15, -0.1) is 0 Å². The molecule has 3 aliphatic carbocycles. The second-order valence-corrected chi connectivity index (χ2v) is 10.4. The molecular formula is C30H43N. The van der Waals surface area contributed by atoms with Gasteiger partial charge in [0.2, 0.25) is 0 Å². The molecule has 0 radical (unpaired) electrons. The van der Waals surface area contributed by atoms with Crippen molar-refractivity contribution in [2.75, 3.05) is 6.54 Å². The number of hydrogen-bond acceptors (Lipinski definition) is 1. The Bertz CT molecular complexity index is 775. The first kappa shape index (κ1) is 22.4. The van der Waals surface area contributed by atoms with Crippen molar-refractivity contribution in [2.45, 2.75) is 96.3 Å². The van der Waals surface area contributed by atoms with Crippen LogP contribution in [0.1, 0.15) is 107 Å². The van der Waals surface area contributed by atoms with E-state index >= 15 is 0 Å². The van der Waals surface area contributed by atoms with E-state index in [0.29, 0.717) is 0 Å². The van der Waals surface area contributed by atoms with Gasteiger partial charge in [0.1, 0.15) is 0 Å². The molecule has 31 heavy (non-hydrogen) atoms. The fraction of sp³-hybridized carbons (Fsp3) is 0.600. The smallest absolute Gasteiger partial charge is 0.0337 e. The molecule has 3 aliphatic rings. The summed E-state index contributed by atoms with van der Waals surface area (Å²) in [7, 11) is 0. The predicted molar refractivity (Wildman–Crippen MR) is 135 cm³/mol. The lowest BCUT2D eigenvalue weighted by Gasteiger charge is -2.28. The lowest BCUT2D eigenvalue weighted by atomic mass is 9.78. The van der Waals surface area contributed by atoms with Gasteiger partial charge in [0, 0.05) is 12.2 Å². The molecule has 0 spiro atoms. The van der Waals surface area contributed by atoms with Gasteiger partial charge in [-0.2, -0.15) is 0 Å². The Balaban J connectivity index is 1.20. The molecule has 0 heterocycles. The highest BCUT2D eigenvalue weighted by molar-refractivity contribution is 5.74. The van der Waals surface area contributed by atoms with Gasteiger partial charge in [0.05, 0.1) is 0 Å². The highest BCUT2D eigenvalue weighted by Crippen LogP contribution is 2.35. The Morgan fingerprint density at radius 1 is 0.935 bits per heavy atom. The first-order valence-corrected chi connectivity index (χ1v) is 13.1. The Hall–Kier alpha value is -1.76. The molecule has 1 aromatic carbocycles. The second-order valence-electron chi connectivity index (χ2n) is 10.4. The Morgan fingerprint density at radius 2 is 1.68 bits per heavy atom. The lowest BCUT2D eigenvalue weighted by Crippen LogP contribution is -2.18. The quantitative estimate of drug-likeness (QED) is 0.397. The van der Waals surface area contributed by atoms with Crippen molar-refractivity contribution in [3.8, 4) is 0 Å². The van der Waals surface area contributed by atoms with Gasteiger partial charge in [-0.3, -0.25) is 0 Å². The molecule has 2 fully saturated rings. The van der Waals surface area contributed by atoms with E-state index in [1.54, 1.807) is 5.56 Å². The minimum atomic E-state index is 0.791. The topological polar surface area (TPSA) is 12.0 Å². The van der Waals surface area contributed by atoms with Crippen LogP contribution in [-0.4, -0.2) is 6.54 Å². The number of rotatable bonds is 9. The standard InChI is InChI=1S/C30H43N/c1-23-10-6-7-11-25(23)12-8-9-21-31-24(2)29-19-20-30(22-29)28-17-15-27(16-18-28)26-13-4-3-5-14-26/h15-19,22-23,25-26,31H,2-14,20-21H2,1H3. The molecule has 0 bridgehead atoms. The van der Waals surface area contributed by atoms with Crippen LogP contribution in [0.5, 0.6) is 0 Å². The van der Waals surface area contributed by atoms with Crippen LogP contribution < -0.4 is 5.32 Å².